The largest absolute Gasteiger partial charge is 0.397 e. The summed E-state index contributed by atoms with van der Waals surface area (Å²) in [5.74, 6) is 0.438. The average molecular weight is 213 g/mol. The van der Waals surface area contributed by atoms with Crippen LogP contribution in [-0.4, -0.2) is 9.97 Å². The lowest BCUT2D eigenvalue weighted by Gasteiger charge is -2.09. The highest BCUT2D eigenvalue weighted by molar-refractivity contribution is 5.69. The van der Waals surface area contributed by atoms with Gasteiger partial charge < -0.3 is 5.73 Å². The molecule has 3 heteroatoms. The number of nitrogens with two attached hydrogens (primary N) is 1. The maximum atomic E-state index is 5.99. The molecule has 0 bridgehead atoms. The molecule has 16 heavy (non-hydrogen) atoms. The van der Waals surface area contributed by atoms with Crippen LogP contribution in [0.15, 0.2) is 36.7 Å². The lowest BCUT2D eigenvalue weighted by Crippen LogP contribution is -1.98. The molecule has 2 rings (SSSR count). The molecule has 0 radical (unpaired) electrons. The van der Waals surface area contributed by atoms with Gasteiger partial charge in [-0.15, -0.1) is 0 Å². The van der Waals surface area contributed by atoms with Gasteiger partial charge in [0.15, 0.2) is 0 Å². The van der Waals surface area contributed by atoms with E-state index in [1.165, 1.54) is 0 Å². The second-order valence-corrected chi connectivity index (χ2v) is 4.08. The summed E-state index contributed by atoms with van der Waals surface area (Å²) in [4.78, 5) is 8.62. The van der Waals surface area contributed by atoms with Gasteiger partial charge in [0.1, 0.15) is 5.69 Å². The van der Waals surface area contributed by atoms with Gasteiger partial charge in [0.2, 0.25) is 0 Å². The minimum atomic E-state index is 0.438. The third-order valence-corrected chi connectivity index (χ3v) is 2.51. The maximum Gasteiger partial charge on any atom is 0.111 e. The third-order valence-electron chi connectivity index (χ3n) is 2.51. The van der Waals surface area contributed by atoms with Crippen molar-refractivity contribution in [3.05, 3.63) is 42.2 Å². The van der Waals surface area contributed by atoms with Gasteiger partial charge in [-0.05, 0) is 29.7 Å². The molecule has 2 aromatic heterocycles. The molecular formula is C13H15N3. The second kappa shape index (κ2) is 4.31. The molecule has 0 fully saturated rings. The van der Waals surface area contributed by atoms with Crippen molar-refractivity contribution >= 4 is 5.69 Å². The molecule has 0 saturated heterocycles. The zero-order chi connectivity index (χ0) is 11.5. The first kappa shape index (κ1) is 10.6. The Morgan fingerprint density at radius 1 is 1.19 bits per heavy atom. The van der Waals surface area contributed by atoms with Crippen molar-refractivity contribution in [3.63, 3.8) is 0 Å². The monoisotopic (exact) mass is 213 g/mol. The molecule has 0 saturated carbocycles. The summed E-state index contributed by atoms with van der Waals surface area (Å²) >= 11 is 0. The Kier molecular flexibility index (Phi) is 2.86. The van der Waals surface area contributed by atoms with E-state index in [0.29, 0.717) is 11.6 Å². The summed E-state index contributed by atoms with van der Waals surface area (Å²) in [6.07, 6.45) is 3.61. The summed E-state index contributed by atoms with van der Waals surface area (Å²) < 4.78 is 0. The van der Waals surface area contributed by atoms with Crippen LogP contribution >= 0.6 is 0 Å². The number of anilines is 1. The molecule has 2 N–H and O–H groups in total. The van der Waals surface area contributed by atoms with Crippen LogP contribution in [0.1, 0.15) is 25.3 Å². The SMILES string of the molecule is CC(C)c1cnc(-c2ccccn2)c(N)c1. The van der Waals surface area contributed by atoms with Crippen molar-refractivity contribution in [2.45, 2.75) is 19.8 Å². The normalized spacial score (nSPS) is 10.7. The van der Waals surface area contributed by atoms with Crippen molar-refractivity contribution in [2.75, 3.05) is 5.73 Å². The maximum absolute atomic E-state index is 5.99. The molecule has 0 unspecified atom stereocenters. The zero-order valence-corrected chi connectivity index (χ0v) is 9.51. The van der Waals surface area contributed by atoms with Crippen LogP contribution in [0.25, 0.3) is 11.4 Å². The lowest BCUT2D eigenvalue weighted by molar-refractivity contribution is 0.859. The smallest absolute Gasteiger partial charge is 0.111 e. The summed E-state index contributed by atoms with van der Waals surface area (Å²) in [6, 6.07) is 7.69. The van der Waals surface area contributed by atoms with Gasteiger partial charge in [-0.1, -0.05) is 19.9 Å². The first-order valence-corrected chi connectivity index (χ1v) is 5.35. The van der Waals surface area contributed by atoms with E-state index in [1.54, 1.807) is 6.20 Å². The van der Waals surface area contributed by atoms with Gasteiger partial charge >= 0.3 is 0 Å². The van der Waals surface area contributed by atoms with Crippen LogP contribution in [0.2, 0.25) is 0 Å². The van der Waals surface area contributed by atoms with E-state index in [-0.39, 0.29) is 0 Å². The number of nitrogen functional groups attached to an aromatic ring is 1. The summed E-state index contributed by atoms with van der Waals surface area (Å²) in [5, 5.41) is 0. The summed E-state index contributed by atoms with van der Waals surface area (Å²) in [5.41, 5.74) is 9.39. The van der Waals surface area contributed by atoms with Gasteiger partial charge in [-0.25, -0.2) is 0 Å². The molecule has 0 atom stereocenters. The minimum Gasteiger partial charge on any atom is -0.397 e. The predicted octanol–water partition coefficient (Wildman–Crippen LogP) is 2.85. The molecule has 82 valence electrons. The van der Waals surface area contributed by atoms with Crippen molar-refractivity contribution in [1.29, 1.82) is 0 Å². The van der Waals surface area contributed by atoms with Gasteiger partial charge in [-0.3, -0.25) is 9.97 Å². The lowest BCUT2D eigenvalue weighted by atomic mass is 10.0. The van der Waals surface area contributed by atoms with E-state index in [1.807, 2.05) is 30.5 Å². The first-order chi connectivity index (χ1) is 7.68. The molecule has 3 nitrogen and oxygen atoms in total. The molecule has 0 spiro atoms. The number of aromatic nitrogens is 2. The van der Waals surface area contributed by atoms with E-state index in [4.69, 9.17) is 5.73 Å². The molecule has 0 amide bonds. The van der Waals surface area contributed by atoms with E-state index in [9.17, 15) is 0 Å². The highest BCUT2D eigenvalue weighted by Crippen LogP contribution is 2.24. The highest BCUT2D eigenvalue weighted by Gasteiger charge is 2.07. The molecule has 0 aliphatic heterocycles. The predicted molar refractivity (Wildman–Crippen MR) is 66.0 cm³/mol. The highest BCUT2D eigenvalue weighted by atomic mass is 14.8. The number of pyridine rings is 2. The molecule has 0 aliphatic rings. The third kappa shape index (κ3) is 2.03. The van der Waals surface area contributed by atoms with Crippen LogP contribution in [-0.2, 0) is 0 Å². The average Bonchev–Trinajstić information content (AvgIpc) is 2.30. The number of nitrogens with zero attached hydrogens (tertiary/aromatic N) is 2. The Hall–Kier alpha value is -1.90. The Bertz CT molecular complexity index is 478. The van der Waals surface area contributed by atoms with Crippen LogP contribution in [0.5, 0.6) is 0 Å². The molecule has 2 aromatic rings. The number of hydrogen-bond acceptors (Lipinski definition) is 3. The fourth-order valence-corrected chi connectivity index (χ4v) is 1.53. The first-order valence-electron chi connectivity index (χ1n) is 5.35. The van der Waals surface area contributed by atoms with Crippen LogP contribution in [0, 0.1) is 0 Å². The van der Waals surface area contributed by atoms with E-state index >= 15 is 0 Å². The Labute approximate surface area is 95.4 Å². The zero-order valence-electron chi connectivity index (χ0n) is 9.51. The minimum absolute atomic E-state index is 0.438. The van der Waals surface area contributed by atoms with Crippen LogP contribution in [0.3, 0.4) is 0 Å². The number of rotatable bonds is 2. The second-order valence-electron chi connectivity index (χ2n) is 4.08. The fourth-order valence-electron chi connectivity index (χ4n) is 1.53. The van der Waals surface area contributed by atoms with Gasteiger partial charge in [0.05, 0.1) is 11.4 Å². The van der Waals surface area contributed by atoms with Crippen molar-refractivity contribution in [3.8, 4) is 11.4 Å². The standard InChI is InChI=1S/C13H15N3/c1-9(2)10-7-11(14)13(16-8-10)12-5-3-4-6-15-12/h3-9H,14H2,1-2H3. The molecule has 2 heterocycles. The van der Waals surface area contributed by atoms with Crippen molar-refractivity contribution in [1.82, 2.24) is 9.97 Å². The Morgan fingerprint density at radius 2 is 2.00 bits per heavy atom. The summed E-state index contributed by atoms with van der Waals surface area (Å²) in [6.45, 7) is 4.24. The van der Waals surface area contributed by atoms with Gasteiger partial charge in [0.25, 0.3) is 0 Å². The topological polar surface area (TPSA) is 51.8 Å². The van der Waals surface area contributed by atoms with Crippen molar-refractivity contribution < 1.29 is 0 Å². The van der Waals surface area contributed by atoms with Crippen LogP contribution < -0.4 is 5.73 Å². The summed E-state index contributed by atoms with van der Waals surface area (Å²) in [7, 11) is 0. The quantitative estimate of drug-likeness (QED) is 0.834. The number of hydrogen-bond donors (Lipinski definition) is 1. The fraction of sp³-hybridized carbons (Fsp3) is 0.231. The van der Waals surface area contributed by atoms with E-state index in [0.717, 1.165) is 17.0 Å². The van der Waals surface area contributed by atoms with Crippen molar-refractivity contribution in [2.24, 2.45) is 0 Å². The molecular weight excluding hydrogens is 198 g/mol. The van der Waals surface area contributed by atoms with E-state index in [2.05, 4.69) is 23.8 Å². The van der Waals surface area contributed by atoms with Gasteiger partial charge in [-0.2, -0.15) is 0 Å². The Balaban J connectivity index is 2.45. The molecule has 0 aliphatic carbocycles. The van der Waals surface area contributed by atoms with E-state index < -0.39 is 0 Å². The molecule has 0 aromatic carbocycles. The Morgan fingerprint density at radius 3 is 2.56 bits per heavy atom. The van der Waals surface area contributed by atoms with Crippen LogP contribution in [0.4, 0.5) is 5.69 Å². The van der Waals surface area contributed by atoms with Gasteiger partial charge in [0, 0.05) is 12.4 Å².